The Kier molecular flexibility index (Phi) is 9.70. The van der Waals surface area contributed by atoms with Crippen LogP contribution in [0.4, 0.5) is 34.1 Å². The lowest BCUT2D eigenvalue weighted by atomic mass is 9.74. The molecule has 3 aliphatic rings. The molecular weight excluding hydrogens is 907 g/mol. The van der Waals surface area contributed by atoms with Crippen LogP contribution < -0.4 is 9.80 Å². The molecule has 3 heteroatoms. The quantitative estimate of drug-likeness (QED) is 0.150. The molecule has 0 atom stereocenters. The van der Waals surface area contributed by atoms with Crippen LogP contribution in [0.25, 0.3) is 72.7 Å². The van der Waals surface area contributed by atoms with E-state index in [-0.39, 0.29) is 16.2 Å². The lowest BCUT2D eigenvalue weighted by Crippen LogP contribution is -2.26. The molecule has 2 aliphatic carbocycles. The van der Waals surface area contributed by atoms with Crippen LogP contribution in [-0.4, -0.2) is 4.57 Å². The van der Waals surface area contributed by atoms with Crippen molar-refractivity contribution in [2.75, 3.05) is 9.80 Å². The number of hydrogen-bond acceptors (Lipinski definition) is 2. The van der Waals surface area contributed by atoms with Crippen molar-refractivity contribution in [1.29, 1.82) is 0 Å². The minimum absolute atomic E-state index is 0.158. The predicted octanol–water partition coefficient (Wildman–Crippen LogP) is 19.8. The van der Waals surface area contributed by atoms with E-state index >= 15 is 0 Å². The molecule has 0 fully saturated rings. The minimum atomic E-state index is -0.330. The zero-order valence-corrected chi connectivity index (χ0v) is 43.8. The maximum atomic E-state index is 4.46. The van der Waals surface area contributed by atoms with E-state index in [1.165, 1.54) is 93.9 Å². The van der Waals surface area contributed by atoms with Gasteiger partial charge in [0.25, 0.3) is 0 Å². The highest BCUT2D eigenvalue weighted by molar-refractivity contribution is 6.15. The normalized spacial score (nSPS) is 14.9. The van der Waals surface area contributed by atoms with Crippen molar-refractivity contribution >= 4 is 78.9 Å². The number of hydrogen-bond donors (Lipinski definition) is 0. The van der Waals surface area contributed by atoms with Gasteiger partial charge in [0.15, 0.2) is 0 Å². The Morgan fingerprint density at radius 2 is 0.920 bits per heavy atom. The standard InChI is InChI=1S/C72H59N3/c1-9-21-45-23-19-32-65(51(45)10-2)74(49-35-38-56-54-27-14-16-29-60(54)71(5,6)63(56)43-49)50-41-58-57-40-47(36-39-67(57)75-68-31-18-17-30-61(68)72(7,8)64(44-50)69(58)75)73(66-33-20-24-46-22-11-12-25-52(46)66)48-34-37-55-53-26-13-15-28-59(53)70(3,4)62(55)42-48/h9-44H,2H2,1,3-8H3/b21-9-. The van der Waals surface area contributed by atoms with E-state index in [9.17, 15) is 0 Å². The van der Waals surface area contributed by atoms with Crippen LogP contribution in [0.5, 0.6) is 0 Å². The Labute approximate surface area is 441 Å². The van der Waals surface area contributed by atoms with Crippen molar-refractivity contribution in [2.24, 2.45) is 0 Å². The van der Waals surface area contributed by atoms with E-state index < -0.39 is 0 Å². The predicted molar refractivity (Wildman–Crippen MR) is 320 cm³/mol. The van der Waals surface area contributed by atoms with Crippen molar-refractivity contribution in [1.82, 2.24) is 4.57 Å². The van der Waals surface area contributed by atoms with Crippen molar-refractivity contribution in [3.05, 3.63) is 257 Å². The van der Waals surface area contributed by atoms with Gasteiger partial charge in [0.1, 0.15) is 0 Å². The molecule has 1 aromatic heterocycles. The number of rotatable bonds is 8. The molecule has 0 saturated heterocycles. The number of anilines is 6. The van der Waals surface area contributed by atoms with Gasteiger partial charge in [-0.25, -0.2) is 0 Å². The van der Waals surface area contributed by atoms with Gasteiger partial charge < -0.3 is 14.4 Å². The fraction of sp³-hybridized carbons (Fsp3) is 0.139. The number of benzene rings is 10. The number of nitrogens with zero attached hydrogens (tertiary/aromatic N) is 3. The Morgan fingerprint density at radius 3 is 1.60 bits per heavy atom. The SMILES string of the molecule is C=Cc1c(/C=C\C)cccc1N(c1ccc2c(c1)C(C)(C)c1ccccc1-2)c1cc2c3c(c1)c1cc(N(c4ccc5c(c4)C(C)(C)c4ccccc4-5)c4cccc5ccccc45)ccc1n3-c1ccccc1C2(C)C. The van der Waals surface area contributed by atoms with Crippen LogP contribution >= 0.6 is 0 Å². The van der Waals surface area contributed by atoms with Crippen molar-refractivity contribution in [3.8, 4) is 27.9 Å². The second-order valence-electron chi connectivity index (χ2n) is 22.5. The van der Waals surface area contributed by atoms with E-state index in [2.05, 4.69) is 282 Å². The summed E-state index contributed by atoms with van der Waals surface area (Å²) in [4.78, 5) is 5.02. The summed E-state index contributed by atoms with van der Waals surface area (Å²) in [5.41, 5.74) is 25.2. The summed E-state index contributed by atoms with van der Waals surface area (Å²) in [5.74, 6) is 0. The third kappa shape index (κ3) is 6.34. The van der Waals surface area contributed by atoms with Gasteiger partial charge in [0.2, 0.25) is 0 Å². The average molecular weight is 966 g/mol. The molecule has 0 saturated carbocycles. The molecule has 362 valence electrons. The van der Waals surface area contributed by atoms with Gasteiger partial charge in [-0.3, -0.25) is 0 Å². The first-order chi connectivity index (χ1) is 36.4. The number of allylic oxidation sites excluding steroid dienone is 1. The first kappa shape index (κ1) is 45.0. The van der Waals surface area contributed by atoms with Gasteiger partial charge >= 0.3 is 0 Å². The second kappa shape index (κ2) is 16.2. The largest absolute Gasteiger partial charge is 0.310 e. The Hall–Kier alpha value is -8.66. The summed E-state index contributed by atoms with van der Waals surface area (Å²) in [6, 6.07) is 75.6. The molecule has 14 rings (SSSR count). The van der Waals surface area contributed by atoms with Crippen LogP contribution in [0, 0.1) is 0 Å². The monoisotopic (exact) mass is 965 g/mol. The number of fused-ring (bicyclic) bond motifs is 12. The molecule has 10 aromatic carbocycles. The summed E-state index contributed by atoms with van der Waals surface area (Å²) in [7, 11) is 0. The summed E-state index contributed by atoms with van der Waals surface area (Å²) in [5, 5.41) is 4.84. The lowest BCUT2D eigenvalue weighted by molar-refractivity contribution is 0.630. The van der Waals surface area contributed by atoms with E-state index in [0.29, 0.717) is 0 Å². The topological polar surface area (TPSA) is 11.4 Å². The van der Waals surface area contributed by atoms with Gasteiger partial charge in [0.05, 0.1) is 28.1 Å². The molecule has 2 heterocycles. The molecule has 0 N–H and O–H groups in total. The minimum Gasteiger partial charge on any atom is -0.310 e. The fourth-order valence-electron chi connectivity index (χ4n) is 13.7. The van der Waals surface area contributed by atoms with E-state index in [0.717, 1.165) is 45.3 Å². The smallest absolute Gasteiger partial charge is 0.0583 e. The van der Waals surface area contributed by atoms with Gasteiger partial charge in [-0.05, 0) is 146 Å². The van der Waals surface area contributed by atoms with E-state index in [1.807, 2.05) is 6.08 Å². The molecular formula is C72H59N3. The second-order valence-corrected chi connectivity index (χ2v) is 22.5. The average Bonchev–Trinajstić information content (AvgIpc) is 3.97. The van der Waals surface area contributed by atoms with Gasteiger partial charge in [-0.15, -0.1) is 0 Å². The van der Waals surface area contributed by atoms with Gasteiger partial charge in [-0.1, -0.05) is 194 Å². The third-order valence-electron chi connectivity index (χ3n) is 17.4. The van der Waals surface area contributed by atoms with Gasteiger partial charge in [0, 0.05) is 60.7 Å². The van der Waals surface area contributed by atoms with Crippen LogP contribution in [0.2, 0.25) is 0 Å². The van der Waals surface area contributed by atoms with E-state index in [4.69, 9.17) is 0 Å². The highest BCUT2D eigenvalue weighted by Gasteiger charge is 2.40. The van der Waals surface area contributed by atoms with Crippen LogP contribution in [-0.2, 0) is 16.2 Å². The first-order valence-corrected chi connectivity index (χ1v) is 26.6. The van der Waals surface area contributed by atoms with Crippen molar-refractivity contribution in [3.63, 3.8) is 0 Å². The molecule has 0 bridgehead atoms. The Balaban J connectivity index is 1.06. The van der Waals surface area contributed by atoms with Crippen LogP contribution in [0.1, 0.15) is 93.0 Å². The highest BCUT2D eigenvalue weighted by atomic mass is 15.2. The molecule has 0 amide bonds. The summed E-state index contributed by atoms with van der Waals surface area (Å²) in [6.07, 6.45) is 6.36. The van der Waals surface area contributed by atoms with Crippen molar-refractivity contribution < 1.29 is 0 Å². The highest BCUT2D eigenvalue weighted by Crippen LogP contribution is 2.56. The van der Waals surface area contributed by atoms with Crippen molar-refractivity contribution in [2.45, 2.75) is 64.7 Å². The van der Waals surface area contributed by atoms with Crippen LogP contribution in [0.15, 0.2) is 213 Å². The van der Waals surface area contributed by atoms with Crippen LogP contribution in [0.3, 0.4) is 0 Å². The number of aromatic nitrogens is 1. The fourth-order valence-corrected chi connectivity index (χ4v) is 13.7. The Bertz CT molecular complexity index is 4260. The summed E-state index contributed by atoms with van der Waals surface area (Å²) >= 11 is 0. The maximum absolute atomic E-state index is 4.46. The molecule has 1 aliphatic heterocycles. The molecule has 0 radical (unpaired) electrons. The summed E-state index contributed by atoms with van der Waals surface area (Å²) < 4.78 is 2.55. The zero-order chi connectivity index (χ0) is 51.1. The molecule has 3 nitrogen and oxygen atoms in total. The maximum Gasteiger partial charge on any atom is 0.0583 e. The third-order valence-corrected chi connectivity index (χ3v) is 17.4. The molecule has 75 heavy (non-hydrogen) atoms. The zero-order valence-electron chi connectivity index (χ0n) is 43.8. The summed E-state index contributed by atoms with van der Waals surface area (Å²) in [6.45, 7) is 20.9. The molecule has 0 unspecified atom stereocenters. The first-order valence-electron chi connectivity index (χ1n) is 26.6. The molecule has 11 aromatic rings. The lowest BCUT2D eigenvalue weighted by Gasteiger charge is -2.36. The number of para-hydroxylation sites is 1. The van der Waals surface area contributed by atoms with E-state index in [1.54, 1.807) is 0 Å². The Morgan fingerprint density at radius 1 is 0.413 bits per heavy atom. The molecule has 0 spiro atoms. The van der Waals surface area contributed by atoms with Gasteiger partial charge in [-0.2, -0.15) is 0 Å².